The number of rotatable bonds is 12. The molecule has 0 heterocycles. The summed E-state index contributed by atoms with van der Waals surface area (Å²) in [6.07, 6.45) is 5.97. The number of halogens is 3. The lowest BCUT2D eigenvalue weighted by atomic mass is 9.87. The van der Waals surface area contributed by atoms with Gasteiger partial charge in [-0.05, 0) is 115 Å². The van der Waals surface area contributed by atoms with Gasteiger partial charge in [0, 0.05) is 21.6 Å². The number of aryl methyl sites for hydroxylation is 1. The minimum Gasteiger partial charge on any atom is -0.387 e. The lowest BCUT2D eigenvalue weighted by molar-refractivity contribution is 0.111. The van der Waals surface area contributed by atoms with Crippen molar-refractivity contribution < 1.29 is 5.11 Å². The molecule has 0 fully saturated rings. The molecule has 0 bridgehead atoms. The Morgan fingerprint density at radius 2 is 1.49 bits per heavy atom. The van der Waals surface area contributed by atoms with Crippen LogP contribution in [0, 0.1) is 6.92 Å². The van der Waals surface area contributed by atoms with E-state index in [2.05, 4.69) is 44.7 Å². The third-order valence-electron chi connectivity index (χ3n) is 6.71. The van der Waals surface area contributed by atoms with E-state index < -0.39 is 6.10 Å². The Bertz CT molecular complexity index is 1200. The average molecular weight is 559 g/mol. The Hall–Kier alpha value is -1.81. The van der Waals surface area contributed by atoms with Gasteiger partial charge in [0.1, 0.15) is 0 Å². The zero-order valence-corrected chi connectivity index (χ0v) is 24.6. The number of unbranched alkanes of at least 4 members (excludes halogenated alkanes) is 2. The first-order valence-corrected chi connectivity index (χ1v) is 14.3. The van der Waals surface area contributed by atoms with Crippen LogP contribution >= 0.6 is 34.8 Å². The van der Waals surface area contributed by atoms with Crippen LogP contribution in [0.4, 0.5) is 0 Å². The summed E-state index contributed by atoms with van der Waals surface area (Å²) in [6, 6.07) is 17.6. The van der Waals surface area contributed by atoms with E-state index >= 15 is 0 Å². The molecule has 3 aromatic carbocycles. The Balaban J connectivity index is 2.08. The van der Waals surface area contributed by atoms with Crippen molar-refractivity contribution >= 4 is 46.5 Å². The quantitative estimate of drug-likeness (QED) is 0.224. The number of hydrogen-bond acceptors (Lipinski definition) is 2. The van der Waals surface area contributed by atoms with Crippen LogP contribution in [0.2, 0.25) is 15.1 Å². The SMILES string of the molecule is CCCCN(CCCC)CC(O)c1cc(Cl)cc(C)c1-c1ccc(Cl)cc1/C(C)=C/c1ccc(Cl)cc1. The molecule has 1 atom stereocenters. The monoisotopic (exact) mass is 557 g/mol. The molecule has 1 N–H and O–H groups in total. The number of nitrogens with zero attached hydrogens (tertiary/aromatic N) is 1. The summed E-state index contributed by atoms with van der Waals surface area (Å²) in [6.45, 7) is 11.1. The Kier molecular flexibility index (Phi) is 11.6. The second-order valence-electron chi connectivity index (χ2n) is 9.78. The first-order chi connectivity index (χ1) is 17.7. The van der Waals surface area contributed by atoms with E-state index in [-0.39, 0.29) is 0 Å². The first kappa shape index (κ1) is 29.7. The molecule has 0 aromatic heterocycles. The van der Waals surface area contributed by atoms with Crippen molar-refractivity contribution in [1.29, 1.82) is 0 Å². The summed E-state index contributed by atoms with van der Waals surface area (Å²) in [7, 11) is 0. The highest BCUT2D eigenvalue weighted by Gasteiger charge is 2.22. The standard InChI is InChI=1S/C32H38Cl3NO/c1-5-7-15-36(16-8-6-2)21-31(37)30-20-27(35)18-23(4)32(30)28-14-13-26(34)19-29(28)22(3)17-24-9-11-25(33)12-10-24/h9-14,17-20,31,37H,5-8,15-16,21H2,1-4H3/b22-17+. The van der Waals surface area contributed by atoms with E-state index in [9.17, 15) is 5.11 Å². The van der Waals surface area contributed by atoms with Gasteiger partial charge in [-0.3, -0.25) is 0 Å². The molecule has 1 unspecified atom stereocenters. The molecule has 3 rings (SSSR count). The highest BCUT2D eigenvalue weighted by molar-refractivity contribution is 6.31. The molecule has 5 heteroatoms. The van der Waals surface area contributed by atoms with E-state index in [1.807, 2.05) is 48.5 Å². The average Bonchev–Trinajstić information content (AvgIpc) is 2.86. The molecular weight excluding hydrogens is 521 g/mol. The topological polar surface area (TPSA) is 23.5 Å². The summed E-state index contributed by atoms with van der Waals surface area (Å²) in [5, 5.41) is 13.6. The number of benzene rings is 3. The largest absolute Gasteiger partial charge is 0.387 e. The van der Waals surface area contributed by atoms with Crippen molar-refractivity contribution in [1.82, 2.24) is 4.90 Å². The Morgan fingerprint density at radius 3 is 2.11 bits per heavy atom. The lowest BCUT2D eigenvalue weighted by Gasteiger charge is -2.27. The van der Waals surface area contributed by atoms with Crippen LogP contribution in [0.1, 0.15) is 74.8 Å². The van der Waals surface area contributed by atoms with Crippen LogP contribution < -0.4 is 0 Å². The minimum absolute atomic E-state index is 0.579. The van der Waals surface area contributed by atoms with Crippen LogP contribution in [-0.2, 0) is 0 Å². The highest BCUT2D eigenvalue weighted by Crippen LogP contribution is 2.39. The molecule has 0 spiro atoms. The van der Waals surface area contributed by atoms with Crippen LogP contribution in [0.3, 0.4) is 0 Å². The zero-order valence-electron chi connectivity index (χ0n) is 22.3. The van der Waals surface area contributed by atoms with Crippen molar-refractivity contribution in [2.24, 2.45) is 0 Å². The van der Waals surface area contributed by atoms with E-state index in [1.54, 1.807) is 0 Å². The zero-order chi connectivity index (χ0) is 26.9. The molecule has 0 aliphatic rings. The fraction of sp³-hybridized carbons (Fsp3) is 0.375. The smallest absolute Gasteiger partial charge is 0.0923 e. The summed E-state index contributed by atoms with van der Waals surface area (Å²) >= 11 is 19.1. The van der Waals surface area contributed by atoms with Gasteiger partial charge in [0.05, 0.1) is 6.10 Å². The van der Waals surface area contributed by atoms with Gasteiger partial charge in [-0.15, -0.1) is 0 Å². The van der Waals surface area contributed by atoms with Crippen molar-refractivity contribution in [2.45, 2.75) is 59.5 Å². The summed E-state index contributed by atoms with van der Waals surface area (Å²) in [4.78, 5) is 2.38. The maximum Gasteiger partial charge on any atom is 0.0923 e. The van der Waals surface area contributed by atoms with Gasteiger partial charge >= 0.3 is 0 Å². The second kappa shape index (κ2) is 14.4. The van der Waals surface area contributed by atoms with Crippen LogP contribution in [0.15, 0.2) is 54.6 Å². The van der Waals surface area contributed by atoms with Gasteiger partial charge in [0.25, 0.3) is 0 Å². The number of aliphatic hydroxyl groups excluding tert-OH is 1. The second-order valence-corrected chi connectivity index (χ2v) is 11.1. The number of hydrogen-bond donors (Lipinski definition) is 1. The van der Waals surface area contributed by atoms with E-state index in [1.165, 1.54) is 0 Å². The van der Waals surface area contributed by atoms with Gasteiger partial charge in [-0.25, -0.2) is 0 Å². The van der Waals surface area contributed by atoms with Gasteiger partial charge in [-0.1, -0.05) is 85.8 Å². The van der Waals surface area contributed by atoms with Gasteiger partial charge in [-0.2, -0.15) is 0 Å². The summed E-state index contributed by atoms with van der Waals surface area (Å²) < 4.78 is 0. The summed E-state index contributed by atoms with van der Waals surface area (Å²) in [5.74, 6) is 0. The van der Waals surface area contributed by atoms with Crippen LogP contribution in [-0.4, -0.2) is 29.6 Å². The van der Waals surface area contributed by atoms with Gasteiger partial charge in [0.15, 0.2) is 0 Å². The molecule has 0 amide bonds. The molecule has 0 aliphatic heterocycles. The maximum atomic E-state index is 11.6. The molecule has 2 nitrogen and oxygen atoms in total. The van der Waals surface area contributed by atoms with Crippen molar-refractivity contribution in [3.8, 4) is 11.1 Å². The number of aliphatic hydroxyl groups is 1. The molecule has 0 radical (unpaired) electrons. The lowest BCUT2D eigenvalue weighted by Crippen LogP contribution is -2.31. The fourth-order valence-electron chi connectivity index (χ4n) is 4.75. The van der Waals surface area contributed by atoms with Crippen molar-refractivity contribution in [3.63, 3.8) is 0 Å². The van der Waals surface area contributed by atoms with E-state index in [0.29, 0.717) is 21.6 Å². The molecule has 0 saturated carbocycles. The van der Waals surface area contributed by atoms with Crippen molar-refractivity contribution in [2.75, 3.05) is 19.6 Å². The Morgan fingerprint density at radius 1 is 0.865 bits per heavy atom. The van der Waals surface area contributed by atoms with E-state index in [4.69, 9.17) is 34.8 Å². The molecule has 0 aliphatic carbocycles. The van der Waals surface area contributed by atoms with E-state index in [0.717, 1.165) is 77.7 Å². The Labute approximate surface area is 237 Å². The molecular formula is C32H38Cl3NO. The highest BCUT2D eigenvalue weighted by atomic mass is 35.5. The van der Waals surface area contributed by atoms with Gasteiger partial charge in [0.2, 0.25) is 0 Å². The molecule has 0 saturated heterocycles. The fourth-order valence-corrected chi connectivity index (χ4v) is 5.33. The van der Waals surface area contributed by atoms with Gasteiger partial charge < -0.3 is 10.0 Å². The third kappa shape index (κ3) is 8.34. The normalized spacial score (nSPS) is 12.8. The number of allylic oxidation sites excluding steroid dienone is 1. The summed E-state index contributed by atoms with van der Waals surface area (Å²) in [5.41, 5.74) is 7.08. The minimum atomic E-state index is -0.662. The van der Waals surface area contributed by atoms with Crippen LogP contribution in [0.25, 0.3) is 22.8 Å². The maximum absolute atomic E-state index is 11.6. The molecule has 37 heavy (non-hydrogen) atoms. The van der Waals surface area contributed by atoms with Crippen LogP contribution in [0.5, 0.6) is 0 Å². The first-order valence-electron chi connectivity index (χ1n) is 13.2. The van der Waals surface area contributed by atoms with Crippen molar-refractivity contribution in [3.05, 3.63) is 91.9 Å². The third-order valence-corrected chi connectivity index (χ3v) is 7.41. The predicted molar refractivity (Wildman–Crippen MR) is 163 cm³/mol. The molecule has 198 valence electrons. The predicted octanol–water partition coefficient (Wildman–Crippen LogP) is 10.1. The molecule has 3 aromatic rings.